The second-order valence-corrected chi connectivity index (χ2v) is 11.2. The Balaban J connectivity index is 1.39. The molecule has 1 aliphatic heterocycles. The minimum Gasteiger partial charge on any atom is -0.507 e. The number of thiazole rings is 1. The van der Waals surface area contributed by atoms with Crippen molar-refractivity contribution in [2.45, 2.75) is 30.7 Å². The molecule has 5 rings (SSSR count). The molecule has 0 saturated carbocycles. The molecule has 0 spiro atoms. The summed E-state index contributed by atoms with van der Waals surface area (Å²) in [5, 5.41) is 13.9. The second kappa shape index (κ2) is 8.83. The number of fused-ring (bicyclic) bond motifs is 1. The van der Waals surface area contributed by atoms with Gasteiger partial charge in [0.05, 0.1) is 20.7 Å². The first kappa shape index (κ1) is 22.5. The van der Waals surface area contributed by atoms with Crippen LogP contribution >= 0.6 is 11.3 Å². The van der Waals surface area contributed by atoms with Crippen LogP contribution in [-0.4, -0.2) is 41.3 Å². The fourth-order valence-electron chi connectivity index (χ4n) is 4.13. The van der Waals surface area contributed by atoms with Crippen molar-refractivity contribution in [1.82, 2.24) is 9.29 Å². The smallest absolute Gasteiger partial charge is 0.243 e. The maximum absolute atomic E-state index is 13.2. The summed E-state index contributed by atoms with van der Waals surface area (Å²) in [6, 6.07) is 18.3. The summed E-state index contributed by atoms with van der Waals surface area (Å²) in [5.41, 5.74) is 2.77. The molecule has 1 fully saturated rings. The molecule has 0 radical (unpaired) electrons. The van der Waals surface area contributed by atoms with Crippen molar-refractivity contribution in [3.8, 4) is 16.3 Å². The van der Waals surface area contributed by atoms with Gasteiger partial charge in [-0.3, -0.25) is 4.79 Å². The predicted molar refractivity (Wildman–Crippen MR) is 133 cm³/mol. The third-order valence-electron chi connectivity index (χ3n) is 5.92. The molecule has 34 heavy (non-hydrogen) atoms. The number of phenolic OH excluding ortho intramolecular Hbond substituents is 1. The molecule has 2 heterocycles. The van der Waals surface area contributed by atoms with E-state index in [0.29, 0.717) is 35.6 Å². The molecule has 1 unspecified atom stereocenters. The zero-order valence-corrected chi connectivity index (χ0v) is 20.1. The van der Waals surface area contributed by atoms with Crippen LogP contribution in [0.3, 0.4) is 0 Å². The van der Waals surface area contributed by atoms with Crippen LogP contribution < -0.4 is 5.32 Å². The lowest BCUT2D eigenvalue weighted by Gasteiger charge is -2.23. The Morgan fingerprint density at radius 2 is 1.88 bits per heavy atom. The molecule has 1 aromatic heterocycles. The van der Waals surface area contributed by atoms with Crippen molar-refractivity contribution in [2.24, 2.45) is 0 Å². The number of phenols is 1. The zero-order valence-electron chi connectivity index (χ0n) is 18.4. The lowest BCUT2D eigenvalue weighted by Crippen LogP contribution is -2.43. The van der Waals surface area contributed by atoms with Gasteiger partial charge in [-0.15, -0.1) is 11.3 Å². The Bertz CT molecular complexity index is 1450. The van der Waals surface area contributed by atoms with Crippen LogP contribution in [0.25, 0.3) is 20.8 Å². The highest BCUT2D eigenvalue weighted by Gasteiger charge is 2.39. The number of sulfonamides is 1. The van der Waals surface area contributed by atoms with E-state index in [1.807, 2.05) is 31.2 Å². The zero-order chi connectivity index (χ0) is 23.9. The van der Waals surface area contributed by atoms with Crippen LogP contribution in [0.2, 0.25) is 0 Å². The summed E-state index contributed by atoms with van der Waals surface area (Å²) in [6.45, 7) is 2.18. The second-order valence-electron chi connectivity index (χ2n) is 8.29. The molecule has 0 bridgehead atoms. The molecule has 1 amide bonds. The Hall–Kier alpha value is -3.27. The summed E-state index contributed by atoms with van der Waals surface area (Å²) in [6.07, 6.45) is 1.05. The summed E-state index contributed by atoms with van der Waals surface area (Å²) in [5.74, 6) is -0.337. The number of aromatic nitrogens is 1. The normalized spacial score (nSPS) is 16.7. The molecule has 1 aliphatic rings. The topological polar surface area (TPSA) is 99.6 Å². The first-order chi connectivity index (χ1) is 16.3. The maximum atomic E-state index is 13.2. The van der Waals surface area contributed by atoms with Crippen molar-refractivity contribution < 1.29 is 18.3 Å². The number of nitrogens with zero attached hydrogens (tertiary/aromatic N) is 2. The van der Waals surface area contributed by atoms with Crippen LogP contribution in [0.4, 0.5) is 5.69 Å². The largest absolute Gasteiger partial charge is 0.507 e. The van der Waals surface area contributed by atoms with Crippen LogP contribution in [0.1, 0.15) is 18.4 Å². The number of carbonyl (C=O) groups excluding carboxylic acids is 1. The highest BCUT2D eigenvalue weighted by molar-refractivity contribution is 7.89. The molecule has 1 atom stereocenters. The number of rotatable bonds is 5. The van der Waals surface area contributed by atoms with Crippen molar-refractivity contribution in [2.75, 3.05) is 11.9 Å². The highest BCUT2D eigenvalue weighted by atomic mass is 32.2. The van der Waals surface area contributed by atoms with Gasteiger partial charge in [-0.25, -0.2) is 13.4 Å². The number of aryl methyl sites for hydroxylation is 1. The summed E-state index contributed by atoms with van der Waals surface area (Å²) in [4.78, 5) is 17.9. The number of anilines is 1. The van der Waals surface area contributed by atoms with E-state index in [1.165, 1.54) is 21.7 Å². The molecule has 9 heteroatoms. The quantitative estimate of drug-likeness (QED) is 0.390. The number of amides is 1. The van der Waals surface area contributed by atoms with Gasteiger partial charge >= 0.3 is 0 Å². The van der Waals surface area contributed by atoms with Crippen molar-refractivity contribution in [3.63, 3.8) is 0 Å². The van der Waals surface area contributed by atoms with Gasteiger partial charge < -0.3 is 10.4 Å². The lowest BCUT2D eigenvalue weighted by molar-refractivity contribution is -0.119. The predicted octanol–water partition coefficient (Wildman–Crippen LogP) is 4.77. The van der Waals surface area contributed by atoms with Gasteiger partial charge in [0, 0.05) is 12.2 Å². The van der Waals surface area contributed by atoms with Gasteiger partial charge in [0.25, 0.3) is 0 Å². The third-order valence-corrected chi connectivity index (χ3v) is 8.91. The minimum absolute atomic E-state index is 0.0569. The molecule has 1 saturated heterocycles. The third kappa shape index (κ3) is 4.18. The number of benzene rings is 3. The standard InChI is InChI=1S/C25H23N3O4S2/c1-16-8-11-18(12-9-16)34(31,32)28-14-4-6-21(28)24(30)26-17-10-13-22(29)19(15-17)25-27-20-5-2-3-7-23(20)33-25/h2-3,5,7-13,15,21,29H,4,6,14H2,1H3,(H,26,30). The van der Waals surface area contributed by atoms with E-state index in [1.54, 1.807) is 36.4 Å². The Morgan fingerprint density at radius 3 is 2.65 bits per heavy atom. The molecule has 3 aromatic carbocycles. The first-order valence-corrected chi connectivity index (χ1v) is 13.2. The molecule has 2 N–H and O–H groups in total. The number of para-hydroxylation sites is 1. The molecule has 0 aliphatic carbocycles. The Morgan fingerprint density at radius 1 is 1.12 bits per heavy atom. The van der Waals surface area contributed by atoms with Crippen LogP contribution in [0.5, 0.6) is 5.75 Å². The fourth-order valence-corrected chi connectivity index (χ4v) is 6.78. The van der Waals surface area contributed by atoms with Gasteiger partial charge in [0.15, 0.2) is 0 Å². The average Bonchev–Trinajstić information content (AvgIpc) is 3.48. The van der Waals surface area contributed by atoms with E-state index in [9.17, 15) is 18.3 Å². The molecule has 174 valence electrons. The van der Waals surface area contributed by atoms with E-state index in [0.717, 1.165) is 15.8 Å². The van der Waals surface area contributed by atoms with E-state index in [2.05, 4.69) is 10.3 Å². The molecular formula is C25H23N3O4S2. The summed E-state index contributed by atoms with van der Waals surface area (Å²) in [7, 11) is -3.79. The SMILES string of the molecule is Cc1ccc(S(=O)(=O)N2CCCC2C(=O)Nc2ccc(O)c(-c3nc4ccccc4s3)c2)cc1. The Kier molecular flexibility index (Phi) is 5.85. The van der Waals surface area contributed by atoms with Crippen molar-refractivity contribution >= 4 is 43.2 Å². The fraction of sp³-hybridized carbons (Fsp3) is 0.200. The van der Waals surface area contributed by atoms with Crippen LogP contribution in [0.15, 0.2) is 71.6 Å². The Labute approximate surface area is 201 Å². The van der Waals surface area contributed by atoms with E-state index in [-0.39, 0.29) is 10.6 Å². The maximum Gasteiger partial charge on any atom is 0.243 e. The van der Waals surface area contributed by atoms with Crippen LogP contribution in [0, 0.1) is 6.92 Å². The monoisotopic (exact) mass is 493 g/mol. The van der Waals surface area contributed by atoms with E-state index >= 15 is 0 Å². The van der Waals surface area contributed by atoms with Gasteiger partial charge in [-0.2, -0.15) is 4.31 Å². The van der Waals surface area contributed by atoms with Gasteiger partial charge in [0.1, 0.15) is 16.8 Å². The number of aromatic hydroxyl groups is 1. The van der Waals surface area contributed by atoms with Crippen molar-refractivity contribution in [3.05, 3.63) is 72.3 Å². The summed E-state index contributed by atoms with van der Waals surface area (Å²) >= 11 is 1.45. The first-order valence-electron chi connectivity index (χ1n) is 10.9. The minimum atomic E-state index is -3.79. The van der Waals surface area contributed by atoms with Gasteiger partial charge in [0.2, 0.25) is 15.9 Å². The number of nitrogens with one attached hydrogen (secondary N) is 1. The summed E-state index contributed by atoms with van der Waals surface area (Å²) < 4.78 is 28.7. The van der Waals surface area contributed by atoms with Crippen molar-refractivity contribution in [1.29, 1.82) is 0 Å². The highest BCUT2D eigenvalue weighted by Crippen LogP contribution is 2.37. The molecule has 4 aromatic rings. The van der Waals surface area contributed by atoms with Gasteiger partial charge in [-0.05, 0) is 62.2 Å². The lowest BCUT2D eigenvalue weighted by atomic mass is 10.1. The number of hydrogen-bond acceptors (Lipinski definition) is 6. The average molecular weight is 494 g/mol. The van der Waals surface area contributed by atoms with Gasteiger partial charge in [-0.1, -0.05) is 29.8 Å². The molecule has 7 nitrogen and oxygen atoms in total. The van der Waals surface area contributed by atoms with E-state index in [4.69, 9.17) is 0 Å². The molecular weight excluding hydrogens is 470 g/mol. The number of carbonyl (C=O) groups is 1. The van der Waals surface area contributed by atoms with E-state index < -0.39 is 22.0 Å². The number of hydrogen-bond donors (Lipinski definition) is 2. The van der Waals surface area contributed by atoms with Crippen LogP contribution in [-0.2, 0) is 14.8 Å².